The van der Waals surface area contributed by atoms with Crippen LogP contribution in [0.3, 0.4) is 0 Å². The summed E-state index contributed by atoms with van der Waals surface area (Å²) in [6.45, 7) is 5.46. The van der Waals surface area contributed by atoms with Crippen LogP contribution in [0.15, 0.2) is 0 Å². The van der Waals surface area contributed by atoms with Gasteiger partial charge in [0.2, 0.25) is 5.91 Å². The fourth-order valence-electron chi connectivity index (χ4n) is 2.48. The van der Waals surface area contributed by atoms with Crippen LogP contribution in [0.4, 0.5) is 0 Å². The van der Waals surface area contributed by atoms with Crippen LogP contribution in [0.1, 0.15) is 52.4 Å². The van der Waals surface area contributed by atoms with Crippen LogP contribution >= 0.6 is 12.2 Å². The van der Waals surface area contributed by atoms with E-state index < -0.39 is 5.41 Å². The lowest BCUT2D eigenvalue weighted by Crippen LogP contribution is -2.47. The van der Waals surface area contributed by atoms with E-state index >= 15 is 0 Å². The molecule has 4 nitrogen and oxygen atoms in total. The molecular weight excluding hydrogens is 260 g/mol. The van der Waals surface area contributed by atoms with Crippen molar-refractivity contribution in [2.75, 3.05) is 13.2 Å². The first-order chi connectivity index (χ1) is 8.99. The largest absolute Gasteiger partial charge is 0.392 e. The second-order valence-corrected chi connectivity index (χ2v) is 5.98. The fourth-order valence-corrected chi connectivity index (χ4v) is 2.78. The van der Waals surface area contributed by atoms with Gasteiger partial charge in [-0.2, -0.15) is 0 Å². The first-order valence-electron chi connectivity index (χ1n) is 7.19. The summed E-state index contributed by atoms with van der Waals surface area (Å²) in [7, 11) is 0. The number of ether oxygens (including phenoxy) is 1. The lowest BCUT2D eigenvalue weighted by Gasteiger charge is -2.26. The van der Waals surface area contributed by atoms with Gasteiger partial charge in [0, 0.05) is 13.2 Å². The Bertz CT molecular complexity index is 313. The number of thiocarbonyl (C=S) groups is 1. The Kier molecular flexibility index (Phi) is 6.72. The summed E-state index contributed by atoms with van der Waals surface area (Å²) in [5, 5.41) is 2.97. The average molecular weight is 286 g/mol. The van der Waals surface area contributed by atoms with E-state index in [4.69, 9.17) is 22.7 Å². The third-order valence-corrected chi connectivity index (χ3v) is 4.06. The quantitative estimate of drug-likeness (QED) is 0.530. The maximum absolute atomic E-state index is 12.2. The number of amides is 1. The average Bonchev–Trinajstić information content (AvgIpc) is 2.83. The minimum Gasteiger partial charge on any atom is -0.392 e. The summed E-state index contributed by atoms with van der Waals surface area (Å²) in [5.74, 6) is 0.0160. The van der Waals surface area contributed by atoms with Crippen LogP contribution in [0.2, 0.25) is 0 Å². The first kappa shape index (κ1) is 16.4. The molecule has 0 bridgehead atoms. The van der Waals surface area contributed by atoms with E-state index in [9.17, 15) is 4.79 Å². The third-order valence-electron chi connectivity index (χ3n) is 3.67. The lowest BCUT2D eigenvalue weighted by atomic mass is 9.85. The van der Waals surface area contributed by atoms with Crippen molar-refractivity contribution in [1.29, 1.82) is 0 Å². The molecule has 0 aromatic carbocycles. The molecule has 0 heterocycles. The molecule has 1 fully saturated rings. The van der Waals surface area contributed by atoms with Gasteiger partial charge in [-0.25, -0.2) is 0 Å². The SMILES string of the molecule is CC(C)OCCCCNC(=O)C1(C(N)=S)CCCC1. The molecule has 0 spiro atoms. The molecule has 1 saturated carbocycles. The molecule has 19 heavy (non-hydrogen) atoms. The van der Waals surface area contributed by atoms with Gasteiger partial charge in [0.1, 0.15) is 0 Å². The Balaban J connectivity index is 2.25. The molecule has 1 rings (SSSR count). The van der Waals surface area contributed by atoms with E-state index in [1.165, 1.54) is 0 Å². The minimum atomic E-state index is -0.580. The summed E-state index contributed by atoms with van der Waals surface area (Å²) in [6.07, 6.45) is 5.81. The van der Waals surface area contributed by atoms with Gasteiger partial charge in [-0.05, 0) is 39.5 Å². The van der Waals surface area contributed by atoms with E-state index in [2.05, 4.69) is 5.32 Å². The van der Waals surface area contributed by atoms with Crippen molar-refractivity contribution >= 4 is 23.1 Å². The number of carbonyl (C=O) groups excluding carboxylic acids is 1. The van der Waals surface area contributed by atoms with Crippen molar-refractivity contribution in [3.05, 3.63) is 0 Å². The van der Waals surface area contributed by atoms with Gasteiger partial charge >= 0.3 is 0 Å². The summed E-state index contributed by atoms with van der Waals surface area (Å²) in [5.41, 5.74) is 5.19. The van der Waals surface area contributed by atoms with Crippen molar-refractivity contribution in [3.63, 3.8) is 0 Å². The number of carbonyl (C=O) groups is 1. The molecule has 0 aromatic rings. The molecule has 0 atom stereocenters. The van der Waals surface area contributed by atoms with Crippen LogP contribution < -0.4 is 11.1 Å². The van der Waals surface area contributed by atoms with Gasteiger partial charge in [0.05, 0.1) is 16.5 Å². The van der Waals surface area contributed by atoms with Crippen molar-refractivity contribution < 1.29 is 9.53 Å². The minimum absolute atomic E-state index is 0.0160. The van der Waals surface area contributed by atoms with E-state index in [0.29, 0.717) is 11.5 Å². The molecule has 0 aromatic heterocycles. The fraction of sp³-hybridized carbons (Fsp3) is 0.857. The number of hydrogen-bond acceptors (Lipinski definition) is 3. The highest BCUT2D eigenvalue weighted by Crippen LogP contribution is 2.38. The Morgan fingerprint density at radius 2 is 2.00 bits per heavy atom. The van der Waals surface area contributed by atoms with Crippen LogP contribution in [0.25, 0.3) is 0 Å². The molecule has 1 aliphatic carbocycles. The second kappa shape index (κ2) is 7.80. The van der Waals surface area contributed by atoms with Crippen LogP contribution in [0.5, 0.6) is 0 Å². The van der Waals surface area contributed by atoms with Crippen molar-refractivity contribution in [2.45, 2.75) is 58.5 Å². The lowest BCUT2D eigenvalue weighted by molar-refractivity contribution is -0.127. The molecule has 0 aliphatic heterocycles. The van der Waals surface area contributed by atoms with Gasteiger partial charge < -0.3 is 15.8 Å². The molecule has 0 radical (unpaired) electrons. The molecule has 1 amide bonds. The normalized spacial score (nSPS) is 17.6. The summed E-state index contributed by atoms with van der Waals surface area (Å²) in [4.78, 5) is 12.6. The second-order valence-electron chi connectivity index (χ2n) is 5.54. The standard InChI is InChI=1S/C14H26N2O2S/c1-11(2)18-10-6-5-9-16-13(17)14(12(15)19)7-3-4-8-14/h11H,3-10H2,1-2H3,(H2,15,19)(H,16,17). The van der Waals surface area contributed by atoms with Crippen LogP contribution in [0, 0.1) is 5.41 Å². The smallest absolute Gasteiger partial charge is 0.233 e. The Morgan fingerprint density at radius 1 is 1.37 bits per heavy atom. The maximum atomic E-state index is 12.2. The number of unbranched alkanes of at least 4 members (excludes halogenated alkanes) is 1. The number of nitrogens with one attached hydrogen (secondary N) is 1. The highest BCUT2D eigenvalue weighted by atomic mass is 32.1. The summed E-state index contributed by atoms with van der Waals surface area (Å²) < 4.78 is 5.45. The van der Waals surface area contributed by atoms with Gasteiger partial charge in [-0.3, -0.25) is 4.79 Å². The predicted octanol–water partition coefficient (Wildman–Crippen LogP) is 2.15. The van der Waals surface area contributed by atoms with Gasteiger partial charge in [0.15, 0.2) is 0 Å². The molecule has 0 saturated heterocycles. The molecule has 1 aliphatic rings. The number of hydrogen-bond donors (Lipinski definition) is 2. The van der Waals surface area contributed by atoms with E-state index in [1.807, 2.05) is 13.8 Å². The zero-order chi connectivity index (χ0) is 14.3. The highest BCUT2D eigenvalue weighted by molar-refractivity contribution is 7.80. The maximum Gasteiger partial charge on any atom is 0.233 e. The Hall–Kier alpha value is -0.680. The van der Waals surface area contributed by atoms with Crippen LogP contribution in [-0.2, 0) is 9.53 Å². The van der Waals surface area contributed by atoms with Crippen molar-refractivity contribution in [1.82, 2.24) is 5.32 Å². The van der Waals surface area contributed by atoms with E-state index in [0.717, 1.165) is 45.1 Å². The zero-order valence-electron chi connectivity index (χ0n) is 12.0. The summed E-state index contributed by atoms with van der Waals surface area (Å²) >= 11 is 5.09. The van der Waals surface area contributed by atoms with E-state index in [-0.39, 0.29) is 12.0 Å². The summed E-state index contributed by atoms with van der Waals surface area (Å²) in [6, 6.07) is 0. The Labute approximate surface area is 121 Å². The van der Waals surface area contributed by atoms with E-state index in [1.54, 1.807) is 0 Å². The third kappa shape index (κ3) is 4.73. The van der Waals surface area contributed by atoms with Gasteiger partial charge in [0.25, 0.3) is 0 Å². The highest BCUT2D eigenvalue weighted by Gasteiger charge is 2.43. The number of nitrogens with two attached hydrogens (primary N) is 1. The molecule has 110 valence electrons. The van der Waals surface area contributed by atoms with Crippen molar-refractivity contribution in [2.24, 2.45) is 11.1 Å². The predicted molar refractivity (Wildman–Crippen MR) is 81.0 cm³/mol. The molecule has 0 unspecified atom stereocenters. The number of rotatable bonds is 8. The monoisotopic (exact) mass is 286 g/mol. The zero-order valence-corrected chi connectivity index (χ0v) is 12.9. The molecular formula is C14H26N2O2S. The van der Waals surface area contributed by atoms with Crippen LogP contribution in [-0.4, -0.2) is 30.2 Å². The molecule has 3 N–H and O–H groups in total. The van der Waals surface area contributed by atoms with Gasteiger partial charge in [-0.15, -0.1) is 0 Å². The van der Waals surface area contributed by atoms with Crippen molar-refractivity contribution in [3.8, 4) is 0 Å². The Morgan fingerprint density at radius 3 is 2.53 bits per heavy atom. The topological polar surface area (TPSA) is 64.3 Å². The first-order valence-corrected chi connectivity index (χ1v) is 7.59. The van der Waals surface area contributed by atoms with Gasteiger partial charge in [-0.1, -0.05) is 25.1 Å². The molecule has 5 heteroatoms.